The summed E-state index contributed by atoms with van der Waals surface area (Å²) < 4.78 is 42.3. The van der Waals surface area contributed by atoms with Gasteiger partial charge in [-0.3, -0.25) is 9.59 Å². The summed E-state index contributed by atoms with van der Waals surface area (Å²) in [5.74, 6) is 0.472. The molecular formula is C38H47ClN2O6S. The summed E-state index contributed by atoms with van der Waals surface area (Å²) in [6.07, 6.45) is 11.6. The third-order valence-corrected chi connectivity index (χ3v) is 14.2. The molecule has 1 amide bonds. The van der Waals surface area contributed by atoms with Crippen LogP contribution in [0.15, 0.2) is 48.6 Å². The summed E-state index contributed by atoms with van der Waals surface area (Å²) in [4.78, 5) is 29.3. The lowest BCUT2D eigenvalue weighted by molar-refractivity contribution is -0.132. The number of nitrogens with one attached hydrogen (secondary N) is 1. The van der Waals surface area contributed by atoms with Crippen LogP contribution >= 0.6 is 11.6 Å². The molecule has 1 spiro atoms. The standard InChI is InChI=1S/C38H47ClN2O6S/c1-24-6-4-17-38(46-3,20-34(42)26-8-9-26)32-13-10-29(32)21-41-22-37(16-5-7-27-18-30(39)12-14-31(27)37)23-47-35-15-11-28(19-33(35)41)36(43)40-48(44,45)25(24)2/h4,11-12,14-15,17-19,24-26,29,32H,5-10,13,16,20-23H2,1-3H3,(H,40,43)/b17-4-/t24-,25+,29-,32+,37-,38+/m0/s1. The number of nitrogens with zero attached hydrogens (tertiary/aromatic N) is 1. The number of amides is 1. The quantitative estimate of drug-likeness (QED) is 0.358. The second-order valence-electron chi connectivity index (χ2n) is 15.1. The maximum absolute atomic E-state index is 13.5. The second-order valence-corrected chi connectivity index (χ2v) is 17.6. The van der Waals surface area contributed by atoms with E-state index in [-0.39, 0.29) is 40.4 Å². The number of hydrogen-bond acceptors (Lipinski definition) is 7. The highest BCUT2D eigenvalue weighted by molar-refractivity contribution is 7.90. The van der Waals surface area contributed by atoms with Crippen molar-refractivity contribution in [2.24, 2.45) is 23.7 Å². The Hall–Kier alpha value is -2.88. The first-order valence-corrected chi connectivity index (χ1v) is 19.5. The average molecular weight is 695 g/mol. The molecule has 2 aliphatic heterocycles. The van der Waals surface area contributed by atoms with Crippen LogP contribution in [0.4, 0.5) is 5.69 Å². The highest BCUT2D eigenvalue weighted by Crippen LogP contribution is 2.50. The molecule has 7 rings (SSSR count). The maximum Gasteiger partial charge on any atom is 0.264 e. The van der Waals surface area contributed by atoms with Gasteiger partial charge >= 0.3 is 0 Å². The minimum Gasteiger partial charge on any atom is -0.490 e. The van der Waals surface area contributed by atoms with Crippen LogP contribution < -0.4 is 14.4 Å². The van der Waals surface area contributed by atoms with E-state index in [4.69, 9.17) is 21.1 Å². The number of aryl methyl sites for hydroxylation is 1. The van der Waals surface area contributed by atoms with Crippen molar-refractivity contribution in [3.63, 3.8) is 0 Å². The molecule has 0 saturated heterocycles. The summed E-state index contributed by atoms with van der Waals surface area (Å²) >= 11 is 6.45. The van der Waals surface area contributed by atoms with E-state index in [9.17, 15) is 18.0 Å². The molecule has 0 radical (unpaired) electrons. The number of Topliss-reactive ketones (excluding diaryl/α,β-unsaturated/α-hetero) is 1. The fraction of sp³-hybridized carbons (Fsp3) is 0.579. The molecular weight excluding hydrogens is 648 g/mol. The Morgan fingerprint density at radius 3 is 2.67 bits per heavy atom. The molecule has 6 atom stereocenters. The number of allylic oxidation sites excluding steroid dienone is 1. The molecule has 8 nitrogen and oxygen atoms in total. The molecule has 1 N–H and O–H groups in total. The predicted molar refractivity (Wildman–Crippen MR) is 187 cm³/mol. The molecule has 2 saturated carbocycles. The van der Waals surface area contributed by atoms with Gasteiger partial charge in [0, 0.05) is 48.5 Å². The smallest absolute Gasteiger partial charge is 0.264 e. The number of sulfonamides is 1. The molecule has 2 fully saturated rings. The third-order valence-electron chi connectivity index (χ3n) is 12.1. The van der Waals surface area contributed by atoms with Gasteiger partial charge in [-0.15, -0.1) is 0 Å². The van der Waals surface area contributed by atoms with Crippen LogP contribution in [0.25, 0.3) is 0 Å². The normalized spacial score (nSPS) is 33.7. The van der Waals surface area contributed by atoms with Crippen LogP contribution in [0, 0.1) is 23.7 Å². The van der Waals surface area contributed by atoms with Gasteiger partial charge in [0.25, 0.3) is 5.91 Å². The van der Waals surface area contributed by atoms with E-state index in [1.54, 1.807) is 32.2 Å². The van der Waals surface area contributed by atoms with Crippen LogP contribution in [-0.2, 0) is 31.4 Å². The molecule has 0 aromatic heterocycles. The van der Waals surface area contributed by atoms with Gasteiger partial charge in [0.2, 0.25) is 10.0 Å². The van der Waals surface area contributed by atoms with Gasteiger partial charge in [-0.1, -0.05) is 36.7 Å². The Kier molecular flexibility index (Phi) is 8.95. The first kappa shape index (κ1) is 33.6. The van der Waals surface area contributed by atoms with E-state index < -0.39 is 26.8 Å². The van der Waals surface area contributed by atoms with Gasteiger partial charge in [0.1, 0.15) is 11.5 Å². The largest absolute Gasteiger partial charge is 0.490 e. The van der Waals surface area contributed by atoms with Crippen molar-refractivity contribution >= 4 is 39.0 Å². The van der Waals surface area contributed by atoms with E-state index in [0.717, 1.165) is 55.7 Å². The van der Waals surface area contributed by atoms with Crippen LogP contribution in [0.1, 0.15) is 86.7 Å². The number of benzene rings is 2. The van der Waals surface area contributed by atoms with Crippen molar-refractivity contribution in [1.29, 1.82) is 0 Å². The molecule has 5 aliphatic rings. The summed E-state index contributed by atoms with van der Waals surface area (Å²) in [5.41, 5.74) is 2.49. The van der Waals surface area contributed by atoms with Gasteiger partial charge in [-0.25, -0.2) is 13.1 Å². The van der Waals surface area contributed by atoms with Crippen molar-refractivity contribution in [3.8, 4) is 5.75 Å². The minimum absolute atomic E-state index is 0.110. The van der Waals surface area contributed by atoms with Crippen LogP contribution in [0.5, 0.6) is 5.75 Å². The Morgan fingerprint density at radius 1 is 1.12 bits per heavy atom. The topological polar surface area (TPSA) is 102 Å². The number of carbonyl (C=O) groups is 2. The van der Waals surface area contributed by atoms with Crippen molar-refractivity contribution in [3.05, 3.63) is 70.3 Å². The first-order chi connectivity index (χ1) is 22.9. The number of methoxy groups -OCH3 is 1. The second kappa shape index (κ2) is 12.8. The predicted octanol–water partition coefficient (Wildman–Crippen LogP) is 6.64. The molecule has 2 aromatic rings. The van der Waals surface area contributed by atoms with Crippen molar-refractivity contribution in [1.82, 2.24) is 4.72 Å². The van der Waals surface area contributed by atoms with Crippen molar-refractivity contribution in [2.75, 3.05) is 31.7 Å². The molecule has 10 heteroatoms. The summed E-state index contributed by atoms with van der Waals surface area (Å²) in [5, 5.41) is -0.0918. The zero-order valence-corrected chi connectivity index (χ0v) is 29.7. The third kappa shape index (κ3) is 6.20. The van der Waals surface area contributed by atoms with E-state index >= 15 is 0 Å². The van der Waals surface area contributed by atoms with E-state index in [1.807, 2.05) is 19.1 Å². The van der Waals surface area contributed by atoms with Crippen molar-refractivity contribution in [2.45, 2.75) is 87.9 Å². The fourth-order valence-electron chi connectivity index (χ4n) is 8.66. The zero-order chi connectivity index (χ0) is 33.8. The Bertz CT molecular complexity index is 1740. The van der Waals surface area contributed by atoms with Gasteiger partial charge in [-0.05, 0) is 118 Å². The molecule has 3 aliphatic carbocycles. The van der Waals surface area contributed by atoms with Gasteiger partial charge in [0.15, 0.2) is 0 Å². The summed E-state index contributed by atoms with van der Waals surface area (Å²) in [6.45, 7) is 5.37. The number of halogens is 1. The molecule has 0 unspecified atom stereocenters. The number of rotatable bonds is 4. The average Bonchev–Trinajstić information content (AvgIpc) is 3.91. The number of hydrogen-bond donors (Lipinski definition) is 1. The number of ketones is 1. The molecule has 48 heavy (non-hydrogen) atoms. The number of ether oxygens (including phenoxy) is 2. The lowest BCUT2D eigenvalue weighted by atomic mass is 9.62. The first-order valence-electron chi connectivity index (χ1n) is 17.6. The van der Waals surface area contributed by atoms with E-state index in [1.165, 1.54) is 11.1 Å². The summed E-state index contributed by atoms with van der Waals surface area (Å²) in [6, 6.07) is 11.4. The van der Waals surface area contributed by atoms with Gasteiger partial charge in [0.05, 0.1) is 23.1 Å². The highest BCUT2D eigenvalue weighted by Gasteiger charge is 2.51. The Labute approximate surface area is 289 Å². The monoisotopic (exact) mass is 694 g/mol. The van der Waals surface area contributed by atoms with E-state index in [0.29, 0.717) is 38.3 Å². The number of anilines is 1. The summed E-state index contributed by atoms with van der Waals surface area (Å²) in [7, 11) is -2.26. The van der Waals surface area contributed by atoms with Crippen molar-refractivity contribution < 1.29 is 27.5 Å². The molecule has 2 heterocycles. The molecule has 258 valence electrons. The number of carbonyl (C=O) groups excluding carboxylic acids is 2. The zero-order valence-electron chi connectivity index (χ0n) is 28.2. The number of fused-ring (bicyclic) bond motifs is 4. The Balaban J connectivity index is 1.33. The molecule has 2 bridgehead atoms. The minimum atomic E-state index is -3.98. The lowest BCUT2D eigenvalue weighted by Gasteiger charge is -2.50. The fourth-order valence-corrected chi connectivity index (χ4v) is 10.1. The van der Waals surface area contributed by atoms with Gasteiger partial charge in [-0.2, -0.15) is 0 Å². The molecule has 2 aromatic carbocycles. The van der Waals surface area contributed by atoms with Gasteiger partial charge < -0.3 is 14.4 Å². The van der Waals surface area contributed by atoms with Crippen LogP contribution in [-0.4, -0.2) is 57.8 Å². The lowest BCUT2D eigenvalue weighted by Crippen LogP contribution is -2.53. The van der Waals surface area contributed by atoms with E-state index in [2.05, 4.69) is 27.8 Å². The van der Waals surface area contributed by atoms with Crippen LogP contribution in [0.2, 0.25) is 5.02 Å². The Morgan fingerprint density at radius 2 is 1.94 bits per heavy atom. The van der Waals surface area contributed by atoms with Crippen LogP contribution in [0.3, 0.4) is 0 Å². The highest BCUT2D eigenvalue weighted by atomic mass is 35.5. The SMILES string of the molecule is CO[C@@]1(CC(=O)C2CC2)/C=C\C[C@H](C)[C@@H](C)S(=O)(=O)NC(=O)c2ccc3c(c2)N(C[C@@H]2CC[C@H]21)C[C@@]1(CCCc2cc(Cl)ccc21)CO3. The maximum atomic E-state index is 13.5.